The van der Waals surface area contributed by atoms with Crippen molar-refractivity contribution in [3.8, 4) is 0 Å². The molecule has 0 spiro atoms. The van der Waals surface area contributed by atoms with Gasteiger partial charge in [0.2, 0.25) is 0 Å². The number of benzene rings is 1. The van der Waals surface area contributed by atoms with Gasteiger partial charge in [-0.3, -0.25) is 4.65 Å². The number of hydroxylamine groups is 2. The average Bonchev–Trinajstić information content (AvgIpc) is 2.46. The monoisotopic (exact) mass is 258 g/mol. The molecule has 3 nitrogen and oxygen atoms in total. The zero-order valence-corrected chi connectivity index (χ0v) is 11.8. The molecule has 1 aromatic rings. The summed E-state index contributed by atoms with van der Waals surface area (Å²) in [5.74, 6) is 0. The van der Waals surface area contributed by atoms with E-state index in [1.54, 1.807) is 6.20 Å². The van der Waals surface area contributed by atoms with Crippen LogP contribution in [-0.2, 0) is 0 Å². The normalized spacial score (nSPS) is 35.1. The van der Waals surface area contributed by atoms with Gasteiger partial charge in [0.25, 0.3) is 0 Å². The Morgan fingerprint density at radius 2 is 1.74 bits per heavy atom. The number of quaternary nitrogens is 1. The second-order valence-corrected chi connectivity index (χ2v) is 5.95. The van der Waals surface area contributed by atoms with Crippen LogP contribution in [0.5, 0.6) is 0 Å². The van der Waals surface area contributed by atoms with Gasteiger partial charge in [-0.15, -0.1) is 0 Å². The Bertz CT molecular complexity index is 490. The predicted molar refractivity (Wildman–Crippen MR) is 79.3 cm³/mol. The molecule has 0 amide bonds. The molecular formula is C16H22N2O. The predicted octanol–water partition coefficient (Wildman–Crippen LogP) is 3.53. The van der Waals surface area contributed by atoms with E-state index in [4.69, 9.17) is 0 Å². The highest BCUT2D eigenvalue weighted by molar-refractivity contribution is 5.54. The Hall–Kier alpha value is -1.16. The number of hydrogen-bond acceptors (Lipinski definition) is 2. The Kier molecular flexibility index (Phi) is 3.01. The summed E-state index contributed by atoms with van der Waals surface area (Å²) in [5, 5.41) is 13.2. The smallest absolute Gasteiger partial charge is 0.186 e. The van der Waals surface area contributed by atoms with Gasteiger partial charge in [-0.25, -0.2) is 4.90 Å². The van der Waals surface area contributed by atoms with Gasteiger partial charge in [-0.2, -0.15) is 0 Å². The molecule has 2 unspecified atom stereocenters. The third-order valence-electron chi connectivity index (χ3n) is 4.69. The van der Waals surface area contributed by atoms with Crippen molar-refractivity contribution >= 4 is 5.69 Å². The summed E-state index contributed by atoms with van der Waals surface area (Å²) in [7, 11) is 0. The van der Waals surface area contributed by atoms with Gasteiger partial charge in [0.1, 0.15) is 11.9 Å². The average molecular weight is 258 g/mol. The van der Waals surface area contributed by atoms with Crippen molar-refractivity contribution < 1.29 is 0 Å². The van der Waals surface area contributed by atoms with E-state index in [1.807, 2.05) is 24.3 Å². The maximum Gasteiger partial charge on any atom is 0.186 e. The van der Waals surface area contributed by atoms with Crippen molar-refractivity contribution in [3.63, 3.8) is 0 Å². The van der Waals surface area contributed by atoms with Crippen LogP contribution in [0.4, 0.5) is 5.69 Å². The molecule has 0 aliphatic carbocycles. The molecule has 102 valence electrons. The number of hydrogen-bond donors (Lipinski definition) is 0. The van der Waals surface area contributed by atoms with Gasteiger partial charge in [0, 0.05) is 38.2 Å². The number of rotatable bonds is 2. The van der Waals surface area contributed by atoms with Gasteiger partial charge >= 0.3 is 0 Å². The van der Waals surface area contributed by atoms with Gasteiger partial charge in [0.05, 0.1) is 0 Å². The summed E-state index contributed by atoms with van der Waals surface area (Å²) in [6.45, 7) is 6.20. The third-order valence-corrected chi connectivity index (χ3v) is 4.69. The van der Waals surface area contributed by atoms with Crippen molar-refractivity contribution in [3.05, 3.63) is 47.3 Å². The second-order valence-electron chi connectivity index (χ2n) is 5.95. The highest BCUT2D eigenvalue weighted by atomic mass is 16.6. The van der Waals surface area contributed by atoms with Crippen molar-refractivity contribution in [2.75, 3.05) is 13.1 Å². The summed E-state index contributed by atoms with van der Waals surface area (Å²) < 4.78 is -0.340. The van der Waals surface area contributed by atoms with E-state index in [9.17, 15) is 5.21 Å². The number of aryl methyl sites for hydroxylation is 1. The SMILES string of the molecule is Cc1ccc([N+]2([O-])C=CC2(C)N2CCCCC2)cc1. The Morgan fingerprint density at radius 3 is 2.26 bits per heavy atom. The lowest BCUT2D eigenvalue weighted by Crippen LogP contribution is -2.71. The topological polar surface area (TPSA) is 26.3 Å². The van der Waals surface area contributed by atoms with Crippen LogP contribution in [0, 0.1) is 12.1 Å². The minimum absolute atomic E-state index is 0.340. The van der Waals surface area contributed by atoms with Gasteiger partial charge in [-0.1, -0.05) is 24.1 Å². The number of piperidine rings is 1. The molecule has 3 heteroatoms. The molecule has 0 saturated carbocycles. The Labute approximate surface area is 115 Å². The first-order valence-corrected chi connectivity index (χ1v) is 7.19. The molecule has 2 heterocycles. The lowest BCUT2D eigenvalue weighted by atomic mass is 9.96. The summed E-state index contributed by atoms with van der Waals surface area (Å²) in [6.07, 6.45) is 7.55. The van der Waals surface area contributed by atoms with Gasteiger partial charge in [0.15, 0.2) is 5.66 Å². The van der Waals surface area contributed by atoms with E-state index >= 15 is 0 Å². The van der Waals surface area contributed by atoms with E-state index in [0.717, 1.165) is 18.8 Å². The fourth-order valence-electron chi connectivity index (χ4n) is 3.20. The summed E-state index contributed by atoms with van der Waals surface area (Å²) in [6, 6.07) is 7.98. The quantitative estimate of drug-likeness (QED) is 0.599. The standard InChI is InChI=1S/C16H22N2O/c1-14-6-8-15(9-7-14)18(19)13-10-16(18,2)17-11-4-3-5-12-17/h6-10,13H,3-5,11-12H2,1-2H3. The minimum Gasteiger partial charge on any atom is -0.621 e. The Balaban J connectivity index is 1.91. The molecule has 1 fully saturated rings. The molecule has 2 aliphatic rings. The largest absolute Gasteiger partial charge is 0.621 e. The van der Waals surface area contributed by atoms with Crippen molar-refractivity contribution in [2.45, 2.75) is 38.8 Å². The van der Waals surface area contributed by atoms with E-state index in [1.165, 1.54) is 24.8 Å². The minimum atomic E-state index is -0.421. The molecule has 0 aromatic heterocycles. The summed E-state index contributed by atoms with van der Waals surface area (Å²) >= 11 is 0. The van der Waals surface area contributed by atoms with Crippen LogP contribution in [0.3, 0.4) is 0 Å². The molecule has 19 heavy (non-hydrogen) atoms. The first kappa shape index (κ1) is 12.9. The molecule has 0 N–H and O–H groups in total. The molecule has 0 radical (unpaired) electrons. The maximum atomic E-state index is 13.2. The third kappa shape index (κ3) is 1.84. The van der Waals surface area contributed by atoms with Crippen LogP contribution in [0.2, 0.25) is 0 Å². The molecular weight excluding hydrogens is 236 g/mol. The molecule has 1 aromatic carbocycles. The first-order chi connectivity index (χ1) is 9.06. The van der Waals surface area contributed by atoms with Crippen LogP contribution in [0.25, 0.3) is 0 Å². The van der Waals surface area contributed by atoms with Crippen LogP contribution >= 0.6 is 0 Å². The Morgan fingerprint density at radius 1 is 1.11 bits per heavy atom. The number of nitrogens with zero attached hydrogens (tertiary/aromatic N) is 2. The van der Waals surface area contributed by atoms with E-state index in [-0.39, 0.29) is 4.65 Å². The van der Waals surface area contributed by atoms with Crippen LogP contribution in [-0.4, -0.2) is 23.7 Å². The van der Waals surface area contributed by atoms with Gasteiger partial charge < -0.3 is 5.21 Å². The lowest BCUT2D eigenvalue weighted by Gasteiger charge is -2.60. The molecule has 2 aliphatic heterocycles. The second kappa shape index (κ2) is 4.44. The summed E-state index contributed by atoms with van der Waals surface area (Å²) in [4.78, 5) is 2.35. The van der Waals surface area contributed by atoms with Crippen molar-refractivity contribution in [2.24, 2.45) is 0 Å². The fraction of sp³-hybridized carbons (Fsp3) is 0.500. The van der Waals surface area contributed by atoms with Crippen LogP contribution in [0.1, 0.15) is 31.7 Å². The van der Waals surface area contributed by atoms with Crippen molar-refractivity contribution in [1.82, 2.24) is 9.55 Å². The lowest BCUT2D eigenvalue weighted by molar-refractivity contribution is 0.0146. The fourth-order valence-corrected chi connectivity index (χ4v) is 3.20. The molecule has 0 bridgehead atoms. The summed E-state index contributed by atoms with van der Waals surface area (Å²) in [5.41, 5.74) is 1.61. The molecule has 3 rings (SSSR count). The van der Waals surface area contributed by atoms with Crippen LogP contribution < -0.4 is 4.65 Å². The number of likely N-dealkylation sites (tertiary alicyclic amines) is 1. The highest BCUT2D eigenvalue weighted by Crippen LogP contribution is 2.43. The van der Waals surface area contributed by atoms with E-state index in [2.05, 4.69) is 24.8 Å². The first-order valence-electron chi connectivity index (χ1n) is 7.19. The highest BCUT2D eigenvalue weighted by Gasteiger charge is 2.51. The molecule has 1 saturated heterocycles. The van der Waals surface area contributed by atoms with E-state index in [0.29, 0.717) is 0 Å². The molecule has 2 atom stereocenters. The zero-order valence-electron chi connectivity index (χ0n) is 11.8. The zero-order chi connectivity index (χ0) is 13.5. The van der Waals surface area contributed by atoms with Gasteiger partial charge in [-0.05, 0) is 19.8 Å². The van der Waals surface area contributed by atoms with Crippen molar-refractivity contribution in [1.29, 1.82) is 0 Å². The van der Waals surface area contributed by atoms with Crippen LogP contribution in [0.15, 0.2) is 36.5 Å². The van der Waals surface area contributed by atoms with E-state index < -0.39 is 5.66 Å². The maximum absolute atomic E-state index is 13.2.